The maximum atomic E-state index is 12.0. The predicted molar refractivity (Wildman–Crippen MR) is 103 cm³/mol. The molecule has 9 heteroatoms. The fourth-order valence-corrected chi connectivity index (χ4v) is 4.10. The standard InChI is InChI=1S/C17H14N4O3S2/c1-23-9-3-4-12(24-2)10(7-9)14-11(21-5-6-25-17(21)19-14)8-13-15(22)20-16(18)26-13/h3-8H,1-2H3,(H2,18,20,22)/b13-8-. The van der Waals surface area contributed by atoms with E-state index in [1.54, 1.807) is 20.3 Å². The second kappa shape index (κ2) is 6.50. The summed E-state index contributed by atoms with van der Waals surface area (Å²) in [7, 11) is 3.20. The summed E-state index contributed by atoms with van der Waals surface area (Å²) < 4.78 is 12.7. The number of carbonyl (C=O) groups excluding carboxylic acids is 1. The van der Waals surface area contributed by atoms with Gasteiger partial charge in [-0.25, -0.2) is 4.98 Å². The molecule has 26 heavy (non-hydrogen) atoms. The number of amidine groups is 1. The lowest BCUT2D eigenvalue weighted by molar-refractivity contribution is -0.115. The van der Waals surface area contributed by atoms with Crippen molar-refractivity contribution >= 4 is 45.2 Å². The zero-order valence-electron chi connectivity index (χ0n) is 13.9. The molecule has 0 unspecified atom stereocenters. The van der Waals surface area contributed by atoms with Crippen LogP contribution in [0.25, 0.3) is 22.3 Å². The van der Waals surface area contributed by atoms with Gasteiger partial charge in [-0.1, -0.05) is 0 Å². The second-order valence-electron chi connectivity index (χ2n) is 5.36. The Hall–Kier alpha value is -2.78. The van der Waals surface area contributed by atoms with Crippen molar-refractivity contribution in [1.82, 2.24) is 14.7 Å². The van der Waals surface area contributed by atoms with Crippen LogP contribution in [-0.2, 0) is 4.79 Å². The van der Waals surface area contributed by atoms with Crippen molar-refractivity contribution < 1.29 is 14.3 Å². The second-order valence-corrected chi connectivity index (χ2v) is 7.29. The van der Waals surface area contributed by atoms with Gasteiger partial charge in [-0.05, 0) is 36.0 Å². The van der Waals surface area contributed by atoms with Crippen LogP contribution < -0.4 is 14.8 Å². The summed E-state index contributed by atoms with van der Waals surface area (Å²) in [4.78, 5) is 18.0. The van der Waals surface area contributed by atoms with Gasteiger partial charge in [0.15, 0.2) is 10.1 Å². The van der Waals surface area contributed by atoms with E-state index in [0.717, 1.165) is 28.0 Å². The van der Waals surface area contributed by atoms with Gasteiger partial charge in [0.05, 0.1) is 24.8 Å². The number of benzene rings is 1. The van der Waals surface area contributed by atoms with E-state index in [2.05, 4.69) is 5.32 Å². The molecule has 0 spiro atoms. The highest BCUT2D eigenvalue weighted by Gasteiger charge is 2.25. The first-order valence-corrected chi connectivity index (χ1v) is 9.27. The lowest BCUT2D eigenvalue weighted by Gasteiger charge is -2.10. The van der Waals surface area contributed by atoms with Gasteiger partial charge in [0.2, 0.25) is 0 Å². The third-order valence-corrected chi connectivity index (χ3v) is 5.48. The van der Waals surface area contributed by atoms with Crippen LogP contribution in [0.2, 0.25) is 0 Å². The predicted octanol–water partition coefficient (Wildman–Crippen LogP) is 3.22. The Balaban J connectivity index is 1.95. The van der Waals surface area contributed by atoms with E-state index < -0.39 is 0 Å². The summed E-state index contributed by atoms with van der Waals surface area (Å²) in [5.41, 5.74) is 2.21. The average Bonchev–Trinajstić information content (AvgIpc) is 3.31. The largest absolute Gasteiger partial charge is 0.497 e. The highest BCUT2D eigenvalue weighted by Crippen LogP contribution is 2.38. The monoisotopic (exact) mass is 386 g/mol. The fourth-order valence-electron chi connectivity index (χ4n) is 2.70. The molecule has 0 bridgehead atoms. The third-order valence-electron chi connectivity index (χ3n) is 3.89. The molecule has 1 aliphatic rings. The van der Waals surface area contributed by atoms with Crippen molar-refractivity contribution in [2.24, 2.45) is 0 Å². The molecule has 132 valence electrons. The topological polar surface area (TPSA) is 88.7 Å². The molecule has 3 heterocycles. The Labute approximate surface area is 157 Å². The molecule has 7 nitrogen and oxygen atoms in total. The van der Waals surface area contributed by atoms with E-state index in [4.69, 9.17) is 19.9 Å². The van der Waals surface area contributed by atoms with Gasteiger partial charge in [0, 0.05) is 17.1 Å². The number of hydrogen-bond donors (Lipinski definition) is 2. The molecule has 2 aromatic heterocycles. The molecule has 0 saturated carbocycles. The number of nitrogens with one attached hydrogen (secondary N) is 2. The number of ether oxygens (including phenoxy) is 2. The molecule has 2 N–H and O–H groups in total. The molecule has 1 aromatic carbocycles. The van der Waals surface area contributed by atoms with Gasteiger partial charge in [0.1, 0.15) is 17.2 Å². The number of hydrogen-bond acceptors (Lipinski definition) is 7. The van der Waals surface area contributed by atoms with E-state index in [0.29, 0.717) is 22.1 Å². The van der Waals surface area contributed by atoms with E-state index in [-0.39, 0.29) is 11.1 Å². The van der Waals surface area contributed by atoms with Crippen LogP contribution >= 0.6 is 23.1 Å². The van der Waals surface area contributed by atoms with E-state index in [9.17, 15) is 4.79 Å². The van der Waals surface area contributed by atoms with Crippen molar-refractivity contribution in [3.05, 3.63) is 40.4 Å². The minimum atomic E-state index is -0.284. The first kappa shape index (κ1) is 16.7. The Morgan fingerprint density at radius 2 is 2.15 bits per heavy atom. The number of amides is 1. The van der Waals surface area contributed by atoms with Crippen molar-refractivity contribution in [1.29, 1.82) is 5.41 Å². The smallest absolute Gasteiger partial charge is 0.264 e. The summed E-state index contributed by atoms with van der Waals surface area (Å²) in [5.74, 6) is 1.06. The first-order chi connectivity index (χ1) is 12.6. The summed E-state index contributed by atoms with van der Waals surface area (Å²) in [6.45, 7) is 0. The molecule has 1 saturated heterocycles. The first-order valence-electron chi connectivity index (χ1n) is 7.58. The molecular formula is C17H14N4O3S2. The normalized spacial score (nSPS) is 15.7. The molecule has 1 aliphatic heterocycles. The summed E-state index contributed by atoms with van der Waals surface area (Å²) in [6.07, 6.45) is 3.65. The molecule has 0 aliphatic carbocycles. The summed E-state index contributed by atoms with van der Waals surface area (Å²) in [6, 6.07) is 5.50. The Morgan fingerprint density at radius 3 is 2.85 bits per heavy atom. The number of rotatable bonds is 4. The summed E-state index contributed by atoms with van der Waals surface area (Å²) in [5, 5.41) is 12.2. The molecule has 4 rings (SSSR count). The fraction of sp³-hybridized carbons (Fsp3) is 0.118. The molecule has 1 fully saturated rings. The molecule has 0 atom stereocenters. The Morgan fingerprint density at radius 1 is 1.31 bits per heavy atom. The van der Waals surface area contributed by atoms with Crippen LogP contribution in [0.15, 0.2) is 34.7 Å². The molecule has 0 radical (unpaired) electrons. The minimum absolute atomic E-state index is 0.118. The van der Waals surface area contributed by atoms with Crippen LogP contribution in [-0.4, -0.2) is 34.7 Å². The maximum absolute atomic E-state index is 12.0. The van der Waals surface area contributed by atoms with Gasteiger partial charge in [0.25, 0.3) is 5.91 Å². The van der Waals surface area contributed by atoms with Crippen LogP contribution in [0.1, 0.15) is 5.69 Å². The highest BCUT2D eigenvalue weighted by molar-refractivity contribution is 8.18. The van der Waals surface area contributed by atoms with Crippen LogP contribution in [0.5, 0.6) is 11.5 Å². The maximum Gasteiger partial charge on any atom is 0.264 e. The lowest BCUT2D eigenvalue weighted by atomic mass is 10.1. The quantitative estimate of drug-likeness (QED) is 0.672. The van der Waals surface area contributed by atoms with Crippen molar-refractivity contribution in [3.63, 3.8) is 0 Å². The van der Waals surface area contributed by atoms with Crippen LogP contribution in [0, 0.1) is 5.41 Å². The van der Waals surface area contributed by atoms with Crippen molar-refractivity contribution in [3.8, 4) is 22.8 Å². The van der Waals surface area contributed by atoms with Gasteiger partial charge >= 0.3 is 0 Å². The number of carbonyl (C=O) groups is 1. The molecular weight excluding hydrogens is 372 g/mol. The third kappa shape index (κ3) is 2.74. The summed E-state index contributed by atoms with van der Waals surface area (Å²) >= 11 is 2.60. The number of thiazole rings is 1. The van der Waals surface area contributed by atoms with Gasteiger partial charge in [-0.3, -0.25) is 14.6 Å². The van der Waals surface area contributed by atoms with E-state index in [1.807, 2.05) is 34.2 Å². The van der Waals surface area contributed by atoms with Gasteiger partial charge < -0.3 is 14.8 Å². The van der Waals surface area contributed by atoms with Crippen molar-refractivity contribution in [2.75, 3.05) is 14.2 Å². The zero-order valence-corrected chi connectivity index (χ0v) is 15.5. The van der Waals surface area contributed by atoms with Gasteiger partial charge in [-0.15, -0.1) is 11.3 Å². The molecule has 1 amide bonds. The van der Waals surface area contributed by atoms with E-state index >= 15 is 0 Å². The van der Waals surface area contributed by atoms with E-state index in [1.165, 1.54) is 11.3 Å². The highest BCUT2D eigenvalue weighted by atomic mass is 32.2. The van der Waals surface area contributed by atoms with Crippen LogP contribution in [0.4, 0.5) is 0 Å². The zero-order chi connectivity index (χ0) is 18.3. The number of thioether (sulfide) groups is 1. The Kier molecular flexibility index (Phi) is 4.17. The minimum Gasteiger partial charge on any atom is -0.497 e. The number of fused-ring (bicyclic) bond motifs is 1. The number of methoxy groups -OCH3 is 2. The SMILES string of the molecule is COc1ccc(OC)c(-c2nc3sccn3c2/C=C2\SC(=N)NC2=O)c1. The molecule has 3 aromatic rings. The number of aromatic nitrogens is 2. The van der Waals surface area contributed by atoms with Gasteiger partial charge in [-0.2, -0.15) is 0 Å². The van der Waals surface area contributed by atoms with Crippen molar-refractivity contribution in [2.45, 2.75) is 0 Å². The number of imidazole rings is 1. The Bertz CT molecular complexity index is 1070. The average molecular weight is 386 g/mol. The lowest BCUT2D eigenvalue weighted by Crippen LogP contribution is -2.18. The number of nitrogens with zero attached hydrogens (tertiary/aromatic N) is 2. The van der Waals surface area contributed by atoms with Crippen LogP contribution in [0.3, 0.4) is 0 Å².